The highest BCUT2D eigenvalue weighted by atomic mass is 79.9. The van der Waals surface area contributed by atoms with Gasteiger partial charge < -0.3 is 0 Å². The fourth-order valence-electron chi connectivity index (χ4n) is 2.46. The van der Waals surface area contributed by atoms with Crippen LogP contribution < -0.4 is 4.72 Å². The quantitative estimate of drug-likeness (QED) is 0.922. The maximum Gasteiger partial charge on any atom is 0.242 e. The Bertz CT molecular complexity index is 548. The summed E-state index contributed by atoms with van der Waals surface area (Å²) in [5.74, 6) is 0. The summed E-state index contributed by atoms with van der Waals surface area (Å²) in [6.45, 7) is 3.92. The molecule has 1 N–H and O–H groups in total. The van der Waals surface area contributed by atoms with Crippen molar-refractivity contribution < 1.29 is 8.42 Å². The zero-order valence-electron chi connectivity index (χ0n) is 10.7. The van der Waals surface area contributed by atoms with Gasteiger partial charge in [-0.05, 0) is 60.3 Å². The van der Waals surface area contributed by atoms with E-state index >= 15 is 0 Å². The van der Waals surface area contributed by atoms with Gasteiger partial charge in [-0.1, -0.05) is 18.9 Å². The highest BCUT2D eigenvalue weighted by molar-refractivity contribution is 9.10. The summed E-state index contributed by atoms with van der Waals surface area (Å²) in [6, 6.07) is 5.29. The molecule has 0 amide bonds. The predicted molar refractivity (Wildman–Crippen MR) is 76.1 cm³/mol. The van der Waals surface area contributed by atoms with Crippen LogP contribution in [0.4, 0.5) is 0 Å². The van der Waals surface area contributed by atoms with E-state index in [1.165, 1.54) is 0 Å². The van der Waals surface area contributed by atoms with Crippen LogP contribution in [0.2, 0.25) is 0 Å². The van der Waals surface area contributed by atoms with Crippen LogP contribution in [0.5, 0.6) is 0 Å². The largest absolute Gasteiger partial charge is 0.242 e. The second-order valence-corrected chi connectivity index (χ2v) is 7.81. The third kappa shape index (κ3) is 2.95. The number of nitrogens with one attached hydrogen (secondary N) is 1. The third-order valence-electron chi connectivity index (χ3n) is 3.46. The molecule has 1 aromatic rings. The molecule has 1 aromatic carbocycles. The lowest BCUT2D eigenvalue weighted by atomic mass is 10.0. The maximum atomic E-state index is 12.4. The van der Waals surface area contributed by atoms with Crippen molar-refractivity contribution in [2.45, 2.75) is 50.0 Å². The van der Waals surface area contributed by atoms with Crippen molar-refractivity contribution in [3.8, 4) is 0 Å². The minimum absolute atomic E-state index is 0.289. The lowest BCUT2D eigenvalue weighted by molar-refractivity contribution is 0.427. The third-order valence-corrected chi connectivity index (χ3v) is 6.08. The van der Waals surface area contributed by atoms with Gasteiger partial charge in [0.2, 0.25) is 10.0 Å². The standard InChI is InChI=1S/C13H18BrNO2S/c1-10-5-6-12(11(14)9-10)18(16,17)15-13(2)7-3-4-8-13/h5-6,9,15H,3-4,7-8H2,1-2H3. The van der Waals surface area contributed by atoms with E-state index in [0.29, 0.717) is 9.37 Å². The SMILES string of the molecule is Cc1ccc(S(=O)(=O)NC2(C)CCCC2)c(Br)c1. The van der Waals surface area contributed by atoms with E-state index in [0.717, 1.165) is 31.2 Å². The van der Waals surface area contributed by atoms with Crippen LogP contribution in [0.25, 0.3) is 0 Å². The Labute approximate surface area is 117 Å². The summed E-state index contributed by atoms with van der Waals surface area (Å²) >= 11 is 3.33. The highest BCUT2D eigenvalue weighted by Gasteiger charge is 2.34. The van der Waals surface area contributed by atoms with Crippen LogP contribution >= 0.6 is 15.9 Å². The number of sulfonamides is 1. The Balaban J connectivity index is 2.30. The second kappa shape index (κ2) is 4.94. The summed E-state index contributed by atoms with van der Waals surface area (Å²) in [5, 5.41) is 0. The number of hydrogen-bond donors (Lipinski definition) is 1. The first-order chi connectivity index (χ1) is 8.32. The van der Waals surface area contributed by atoms with E-state index in [9.17, 15) is 8.42 Å². The van der Waals surface area contributed by atoms with E-state index in [4.69, 9.17) is 0 Å². The lowest BCUT2D eigenvalue weighted by Crippen LogP contribution is -2.43. The van der Waals surface area contributed by atoms with Gasteiger partial charge in [-0.15, -0.1) is 0 Å². The van der Waals surface area contributed by atoms with Gasteiger partial charge in [0.25, 0.3) is 0 Å². The van der Waals surface area contributed by atoms with Crippen molar-refractivity contribution in [2.75, 3.05) is 0 Å². The van der Waals surface area contributed by atoms with Crippen LogP contribution in [0.15, 0.2) is 27.6 Å². The van der Waals surface area contributed by atoms with E-state index in [1.807, 2.05) is 26.0 Å². The van der Waals surface area contributed by atoms with Gasteiger partial charge in [-0.2, -0.15) is 0 Å². The van der Waals surface area contributed by atoms with Crippen molar-refractivity contribution in [2.24, 2.45) is 0 Å². The number of hydrogen-bond acceptors (Lipinski definition) is 2. The summed E-state index contributed by atoms with van der Waals surface area (Å²) < 4.78 is 28.2. The van der Waals surface area contributed by atoms with E-state index in [2.05, 4.69) is 20.7 Å². The van der Waals surface area contributed by atoms with Crippen molar-refractivity contribution in [1.29, 1.82) is 0 Å². The maximum absolute atomic E-state index is 12.4. The molecule has 0 bridgehead atoms. The minimum Gasteiger partial charge on any atom is -0.207 e. The topological polar surface area (TPSA) is 46.2 Å². The molecule has 1 aliphatic carbocycles. The molecule has 3 nitrogen and oxygen atoms in total. The number of aryl methyl sites for hydroxylation is 1. The zero-order chi connectivity index (χ0) is 13.4. The Hall–Kier alpha value is -0.390. The molecular formula is C13H18BrNO2S. The fraction of sp³-hybridized carbons (Fsp3) is 0.538. The van der Waals surface area contributed by atoms with Crippen LogP contribution in [-0.4, -0.2) is 14.0 Å². The van der Waals surface area contributed by atoms with Gasteiger partial charge >= 0.3 is 0 Å². The Morgan fingerprint density at radius 3 is 2.44 bits per heavy atom. The smallest absolute Gasteiger partial charge is 0.207 e. The molecule has 0 radical (unpaired) electrons. The average molecular weight is 332 g/mol. The Morgan fingerprint density at radius 1 is 1.28 bits per heavy atom. The molecule has 0 unspecified atom stereocenters. The molecule has 100 valence electrons. The molecule has 1 aliphatic rings. The van der Waals surface area contributed by atoms with Gasteiger partial charge in [0.1, 0.15) is 0 Å². The average Bonchev–Trinajstić information content (AvgIpc) is 2.62. The van der Waals surface area contributed by atoms with Crippen LogP contribution in [0.1, 0.15) is 38.2 Å². The summed E-state index contributed by atoms with van der Waals surface area (Å²) in [7, 11) is -3.45. The van der Waals surface area contributed by atoms with Gasteiger partial charge in [-0.3, -0.25) is 0 Å². The molecule has 0 aliphatic heterocycles. The molecule has 0 atom stereocenters. The van der Waals surface area contributed by atoms with Crippen LogP contribution in [-0.2, 0) is 10.0 Å². The van der Waals surface area contributed by atoms with E-state index < -0.39 is 10.0 Å². The molecule has 0 aromatic heterocycles. The molecule has 2 rings (SSSR count). The van der Waals surface area contributed by atoms with Crippen molar-refractivity contribution >= 4 is 26.0 Å². The molecule has 1 saturated carbocycles. The number of benzene rings is 1. The molecule has 0 saturated heterocycles. The molecular weight excluding hydrogens is 314 g/mol. The second-order valence-electron chi connectivity index (χ2n) is 5.31. The van der Waals surface area contributed by atoms with E-state index in [1.54, 1.807) is 6.07 Å². The molecule has 0 heterocycles. The van der Waals surface area contributed by atoms with Crippen molar-refractivity contribution in [3.63, 3.8) is 0 Å². The van der Waals surface area contributed by atoms with Gasteiger partial charge in [0, 0.05) is 10.0 Å². The van der Waals surface area contributed by atoms with Crippen molar-refractivity contribution in [3.05, 3.63) is 28.2 Å². The zero-order valence-corrected chi connectivity index (χ0v) is 13.1. The lowest BCUT2D eigenvalue weighted by Gasteiger charge is -2.25. The Kier molecular flexibility index (Phi) is 3.85. The first-order valence-corrected chi connectivity index (χ1v) is 8.40. The Morgan fingerprint density at radius 2 is 1.89 bits per heavy atom. The van der Waals surface area contributed by atoms with Crippen LogP contribution in [0.3, 0.4) is 0 Å². The van der Waals surface area contributed by atoms with Gasteiger partial charge in [0.05, 0.1) is 4.90 Å². The minimum atomic E-state index is -3.45. The summed E-state index contributed by atoms with van der Waals surface area (Å²) in [6.07, 6.45) is 4.01. The van der Waals surface area contributed by atoms with Gasteiger partial charge in [-0.25, -0.2) is 13.1 Å². The monoisotopic (exact) mass is 331 g/mol. The number of halogens is 1. The first-order valence-electron chi connectivity index (χ1n) is 6.13. The fourth-order valence-corrected chi connectivity index (χ4v) is 5.12. The highest BCUT2D eigenvalue weighted by Crippen LogP contribution is 2.32. The molecule has 0 spiro atoms. The van der Waals surface area contributed by atoms with Gasteiger partial charge in [0.15, 0.2) is 0 Å². The van der Waals surface area contributed by atoms with Crippen LogP contribution in [0, 0.1) is 6.92 Å². The van der Waals surface area contributed by atoms with Crippen molar-refractivity contribution in [1.82, 2.24) is 4.72 Å². The molecule has 1 fully saturated rings. The molecule has 5 heteroatoms. The summed E-state index contributed by atoms with van der Waals surface area (Å²) in [4.78, 5) is 0.321. The number of rotatable bonds is 3. The summed E-state index contributed by atoms with van der Waals surface area (Å²) in [5.41, 5.74) is 0.747. The predicted octanol–water partition coefficient (Wildman–Crippen LogP) is 3.37. The first kappa shape index (κ1) is 14.0. The normalized spacial score (nSPS) is 19.1. The van der Waals surface area contributed by atoms with E-state index in [-0.39, 0.29) is 5.54 Å². The molecule has 18 heavy (non-hydrogen) atoms.